The number of carbonyl (C=O) groups is 2. The Hall–Kier alpha value is -3.23. The Morgan fingerprint density at radius 1 is 1.12 bits per heavy atom. The molecule has 8 heteroatoms. The molecule has 1 atom stereocenters. The zero-order chi connectivity index (χ0) is 24.4. The van der Waals surface area contributed by atoms with Crippen LogP contribution in [0.4, 0.5) is 0 Å². The molecule has 0 radical (unpaired) electrons. The first kappa shape index (κ1) is 23.9. The highest BCUT2D eigenvalue weighted by Gasteiger charge is 2.46. The second kappa shape index (κ2) is 9.95. The van der Waals surface area contributed by atoms with Crippen molar-refractivity contribution in [2.75, 3.05) is 27.2 Å². The number of aromatic nitrogens is 2. The number of benzene rings is 2. The third kappa shape index (κ3) is 4.56. The summed E-state index contributed by atoms with van der Waals surface area (Å²) < 4.78 is 2.54. The summed E-state index contributed by atoms with van der Waals surface area (Å²) in [6.45, 7) is 3.01. The molecule has 2 heterocycles. The van der Waals surface area contributed by atoms with E-state index in [4.69, 9.17) is 0 Å². The van der Waals surface area contributed by atoms with Crippen LogP contribution in [0.2, 0.25) is 0 Å². The Labute approximate surface area is 207 Å². The predicted molar refractivity (Wildman–Crippen MR) is 135 cm³/mol. The minimum atomic E-state index is -0.681. The minimum Gasteiger partial charge on any atom is -0.507 e. The Bertz CT molecular complexity index is 1250. The quantitative estimate of drug-likeness (QED) is 0.284. The number of nitrogens with zero attached hydrogens (tertiary/aromatic N) is 4. The molecule has 176 valence electrons. The van der Waals surface area contributed by atoms with E-state index in [1.165, 1.54) is 6.20 Å². The summed E-state index contributed by atoms with van der Waals surface area (Å²) >= 11 is 3.49. The average Bonchev–Trinajstić information content (AvgIpc) is 3.32. The van der Waals surface area contributed by atoms with Gasteiger partial charge in [-0.25, -0.2) is 4.68 Å². The molecule has 0 bridgehead atoms. The zero-order valence-corrected chi connectivity index (χ0v) is 21.0. The molecule has 7 nitrogen and oxygen atoms in total. The molecular weight excluding hydrogens is 496 g/mol. The van der Waals surface area contributed by atoms with Crippen LogP contribution in [-0.4, -0.2) is 63.6 Å². The molecule has 0 saturated carbocycles. The fourth-order valence-corrected chi connectivity index (χ4v) is 4.72. The van der Waals surface area contributed by atoms with Crippen LogP contribution in [0.5, 0.6) is 0 Å². The molecule has 0 unspecified atom stereocenters. The largest absolute Gasteiger partial charge is 0.507 e. The first-order chi connectivity index (χ1) is 16.3. The van der Waals surface area contributed by atoms with Crippen molar-refractivity contribution >= 4 is 33.4 Å². The molecule has 34 heavy (non-hydrogen) atoms. The molecule has 0 spiro atoms. The summed E-state index contributed by atoms with van der Waals surface area (Å²) in [5.74, 6) is -1.49. The highest BCUT2D eigenvalue weighted by Crippen LogP contribution is 2.40. The number of aliphatic hydroxyl groups is 1. The van der Waals surface area contributed by atoms with E-state index in [0.29, 0.717) is 24.2 Å². The first-order valence-corrected chi connectivity index (χ1v) is 11.9. The molecule has 1 fully saturated rings. The van der Waals surface area contributed by atoms with Gasteiger partial charge in [0.2, 0.25) is 0 Å². The van der Waals surface area contributed by atoms with E-state index >= 15 is 0 Å². The smallest absolute Gasteiger partial charge is 0.295 e. The lowest BCUT2D eigenvalue weighted by atomic mass is 9.95. The van der Waals surface area contributed by atoms with Crippen molar-refractivity contribution in [1.29, 1.82) is 0 Å². The van der Waals surface area contributed by atoms with Gasteiger partial charge in [-0.15, -0.1) is 0 Å². The number of halogens is 1. The van der Waals surface area contributed by atoms with Crippen molar-refractivity contribution in [3.63, 3.8) is 0 Å². The normalized spacial score (nSPS) is 17.7. The second-order valence-corrected chi connectivity index (χ2v) is 9.51. The maximum absolute atomic E-state index is 13.2. The molecular formula is C26H27BrN4O3. The number of ketones is 1. The fraction of sp³-hybridized carbons (Fsp3) is 0.269. The Balaban J connectivity index is 1.81. The van der Waals surface area contributed by atoms with Crippen LogP contribution in [0.3, 0.4) is 0 Å². The van der Waals surface area contributed by atoms with Crippen molar-refractivity contribution in [1.82, 2.24) is 19.6 Å². The molecule has 1 aliphatic heterocycles. The van der Waals surface area contributed by atoms with Crippen molar-refractivity contribution < 1.29 is 14.7 Å². The van der Waals surface area contributed by atoms with E-state index in [0.717, 1.165) is 22.3 Å². The van der Waals surface area contributed by atoms with Gasteiger partial charge in [-0.1, -0.05) is 46.3 Å². The number of amides is 1. The van der Waals surface area contributed by atoms with Gasteiger partial charge in [0.15, 0.2) is 0 Å². The molecule has 4 rings (SSSR count). The van der Waals surface area contributed by atoms with Crippen LogP contribution in [-0.2, 0) is 9.59 Å². The molecule has 1 N–H and O–H groups in total. The molecule has 1 amide bonds. The number of para-hydroxylation sites is 1. The van der Waals surface area contributed by atoms with E-state index < -0.39 is 17.7 Å². The number of aliphatic hydroxyl groups excluding tert-OH is 1. The van der Waals surface area contributed by atoms with E-state index in [2.05, 4.69) is 21.0 Å². The lowest BCUT2D eigenvalue weighted by Crippen LogP contribution is -2.32. The summed E-state index contributed by atoms with van der Waals surface area (Å²) in [6, 6.07) is 16.4. The van der Waals surface area contributed by atoms with E-state index in [-0.39, 0.29) is 11.3 Å². The number of hydrogen-bond donors (Lipinski definition) is 1. The second-order valence-electron chi connectivity index (χ2n) is 8.60. The van der Waals surface area contributed by atoms with Gasteiger partial charge in [0.05, 0.1) is 34.8 Å². The Morgan fingerprint density at radius 3 is 2.53 bits per heavy atom. The van der Waals surface area contributed by atoms with Gasteiger partial charge in [-0.3, -0.25) is 9.59 Å². The van der Waals surface area contributed by atoms with Crippen LogP contribution < -0.4 is 0 Å². The van der Waals surface area contributed by atoms with Crippen LogP contribution in [0.25, 0.3) is 11.4 Å². The van der Waals surface area contributed by atoms with Crippen molar-refractivity contribution in [3.8, 4) is 5.69 Å². The number of rotatable bonds is 7. The average molecular weight is 523 g/mol. The Kier molecular flexibility index (Phi) is 7.00. The number of hydrogen-bond acceptors (Lipinski definition) is 5. The molecule has 0 aliphatic carbocycles. The topological polar surface area (TPSA) is 78.7 Å². The summed E-state index contributed by atoms with van der Waals surface area (Å²) in [5, 5.41) is 15.8. The third-order valence-corrected chi connectivity index (χ3v) is 6.47. The molecule has 3 aromatic rings. The van der Waals surface area contributed by atoms with Gasteiger partial charge in [0.1, 0.15) is 5.76 Å². The molecule has 2 aromatic carbocycles. The molecule has 1 saturated heterocycles. The zero-order valence-electron chi connectivity index (χ0n) is 19.4. The van der Waals surface area contributed by atoms with Gasteiger partial charge < -0.3 is 14.9 Å². The number of carbonyl (C=O) groups excluding carboxylic acids is 2. The van der Waals surface area contributed by atoms with E-state index in [1.54, 1.807) is 9.58 Å². The lowest BCUT2D eigenvalue weighted by molar-refractivity contribution is -0.139. The van der Waals surface area contributed by atoms with E-state index in [9.17, 15) is 14.7 Å². The SMILES string of the molecule is Cc1c(C(O)=C2C(=O)C(=O)N(CCCN(C)C)[C@H]2c2cccc(Br)c2)cnn1-c1ccccc1. The van der Waals surface area contributed by atoms with Crippen molar-refractivity contribution in [2.45, 2.75) is 19.4 Å². The third-order valence-electron chi connectivity index (χ3n) is 5.97. The molecule has 1 aliphatic rings. The Morgan fingerprint density at radius 2 is 1.85 bits per heavy atom. The van der Waals surface area contributed by atoms with Crippen LogP contribution in [0.1, 0.15) is 29.3 Å². The standard InChI is InChI=1S/C26H27BrN4O3/c1-17-21(16-28-31(17)20-11-5-4-6-12-20)24(32)22-23(18-9-7-10-19(27)15-18)30(26(34)25(22)33)14-8-13-29(2)3/h4-7,9-12,15-16,23,32H,8,13-14H2,1-3H3/t23-/m0/s1. The maximum Gasteiger partial charge on any atom is 0.295 e. The van der Waals surface area contributed by atoms with E-state index in [1.807, 2.05) is 80.5 Å². The number of likely N-dealkylation sites (tertiary alicyclic amines) is 1. The van der Waals surface area contributed by atoms with Crippen LogP contribution in [0, 0.1) is 6.92 Å². The summed E-state index contributed by atoms with van der Waals surface area (Å²) in [6.07, 6.45) is 2.24. The highest BCUT2D eigenvalue weighted by molar-refractivity contribution is 9.10. The van der Waals surface area contributed by atoms with Crippen molar-refractivity contribution in [2.24, 2.45) is 0 Å². The van der Waals surface area contributed by atoms with Crippen molar-refractivity contribution in [3.05, 3.63) is 87.7 Å². The van der Waals surface area contributed by atoms with Crippen LogP contribution >= 0.6 is 15.9 Å². The highest BCUT2D eigenvalue weighted by atomic mass is 79.9. The maximum atomic E-state index is 13.2. The predicted octanol–water partition coefficient (Wildman–Crippen LogP) is 4.32. The van der Waals surface area contributed by atoms with Gasteiger partial charge in [0, 0.05) is 11.0 Å². The first-order valence-electron chi connectivity index (χ1n) is 11.1. The summed E-state index contributed by atoms with van der Waals surface area (Å²) in [5.41, 5.74) is 2.79. The van der Waals surface area contributed by atoms with Gasteiger partial charge in [0.25, 0.3) is 11.7 Å². The fourth-order valence-electron chi connectivity index (χ4n) is 4.31. The van der Waals surface area contributed by atoms with Crippen LogP contribution in [0.15, 0.2) is 70.8 Å². The minimum absolute atomic E-state index is 0.0867. The van der Waals surface area contributed by atoms with Gasteiger partial charge in [-0.2, -0.15) is 5.10 Å². The van der Waals surface area contributed by atoms with Gasteiger partial charge in [-0.05, 0) is 63.8 Å². The number of Topliss-reactive ketones (excluding diaryl/α,β-unsaturated/α-hetero) is 1. The van der Waals surface area contributed by atoms with Gasteiger partial charge >= 0.3 is 0 Å². The summed E-state index contributed by atoms with van der Waals surface area (Å²) in [7, 11) is 3.93. The monoisotopic (exact) mass is 522 g/mol. The lowest BCUT2D eigenvalue weighted by Gasteiger charge is -2.26. The molecule has 1 aromatic heterocycles. The summed E-state index contributed by atoms with van der Waals surface area (Å²) in [4.78, 5) is 29.9.